The summed E-state index contributed by atoms with van der Waals surface area (Å²) in [5.41, 5.74) is 2.59. The number of aliphatic carboxylic acids is 1. The van der Waals surface area contributed by atoms with Crippen molar-refractivity contribution in [3.63, 3.8) is 0 Å². The van der Waals surface area contributed by atoms with Crippen LogP contribution in [0.2, 0.25) is 0 Å². The summed E-state index contributed by atoms with van der Waals surface area (Å²) in [6, 6.07) is 1.17. The molecule has 1 fully saturated rings. The number of carboxylic acid groups (broad SMARTS) is 1. The highest BCUT2D eigenvalue weighted by molar-refractivity contribution is 5.98. The summed E-state index contributed by atoms with van der Waals surface area (Å²) in [7, 11) is 0. The Morgan fingerprint density at radius 2 is 2.05 bits per heavy atom. The minimum atomic E-state index is -0.904. The van der Waals surface area contributed by atoms with Crippen LogP contribution in [0.4, 0.5) is 0 Å². The van der Waals surface area contributed by atoms with Gasteiger partial charge in [-0.15, -0.1) is 0 Å². The average molecular weight is 292 g/mol. The maximum absolute atomic E-state index is 12.8. The molecule has 1 aromatic heterocycles. The van der Waals surface area contributed by atoms with Gasteiger partial charge < -0.3 is 14.6 Å². The Bertz CT molecular complexity index is 562. The first-order chi connectivity index (χ1) is 9.86. The Balaban J connectivity index is 2.32. The third-order valence-corrected chi connectivity index (χ3v) is 4.53. The monoisotopic (exact) mass is 292 g/mol. The Hall–Kier alpha value is -1.78. The highest BCUT2D eigenvalue weighted by atomic mass is 16.4. The Morgan fingerprint density at radius 1 is 1.38 bits per heavy atom. The quantitative estimate of drug-likeness (QED) is 0.930. The highest BCUT2D eigenvalue weighted by Crippen LogP contribution is 2.26. The number of rotatable bonds is 3. The summed E-state index contributed by atoms with van der Waals surface area (Å²) < 4.78 is 2.08. The van der Waals surface area contributed by atoms with Crippen LogP contribution in [-0.2, 0) is 11.3 Å². The zero-order valence-electron chi connectivity index (χ0n) is 13.2. The van der Waals surface area contributed by atoms with Gasteiger partial charge in [-0.05, 0) is 45.6 Å². The van der Waals surface area contributed by atoms with Gasteiger partial charge in [-0.2, -0.15) is 0 Å². The second-order valence-corrected chi connectivity index (χ2v) is 6.01. The molecule has 0 bridgehead atoms. The van der Waals surface area contributed by atoms with Crippen molar-refractivity contribution in [2.45, 2.75) is 53.1 Å². The highest BCUT2D eigenvalue weighted by Gasteiger charge is 2.36. The number of hydrogen-bond donors (Lipinski definition) is 1. The maximum Gasteiger partial charge on any atom is 0.326 e. The molecule has 1 N–H and O–H groups in total. The molecule has 1 aromatic rings. The van der Waals surface area contributed by atoms with E-state index in [1.807, 2.05) is 33.8 Å². The van der Waals surface area contributed by atoms with Crippen LogP contribution >= 0.6 is 0 Å². The fourth-order valence-corrected chi connectivity index (χ4v) is 3.28. The van der Waals surface area contributed by atoms with Crippen molar-refractivity contribution in [1.82, 2.24) is 9.47 Å². The van der Waals surface area contributed by atoms with Crippen LogP contribution < -0.4 is 0 Å². The molecule has 1 saturated heterocycles. The van der Waals surface area contributed by atoms with E-state index in [-0.39, 0.29) is 5.91 Å². The topological polar surface area (TPSA) is 62.5 Å². The fourth-order valence-electron chi connectivity index (χ4n) is 3.28. The van der Waals surface area contributed by atoms with Crippen LogP contribution in [0.1, 0.15) is 48.4 Å². The molecule has 2 atom stereocenters. The first-order valence-corrected chi connectivity index (χ1v) is 7.57. The summed E-state index contributed by atoms with van der Waals surface area (Å²) in [5, 5.41) is 9.40. The summed E-state index contributed by atoms with van der Waals surface area (Å²) in [6.45, 7) is 9.31. The number of carbonyl (C=O) groups is 2. The molecule has 0 aromatic carbocycles. The van der Waals surface area contributed by atoms with Gasteiger partial charge in [0.15, 0.2) is 0 Å². The number of nitrogens with zero attached hydrogens (tertiary/aromatic N) is 2. The molecule has 2 rings (SSSR count). The average Bonchev–Trinajstić information content (AvgIpc) is 2.72. The third kappa shape index (κ3) is 2.82. The van der Waals surface area contributed by atoms with E-state index in [2.05, 4.69) is 4.57 Å². The molecule has 1 aliphatic rings. The number of piperidine rings is 1. The first kappa shape index (κ1) is 15.6. The van der Waals surface area contributed by atoms with Crippen LogP contribution in [0.25, 0.3) is 0 Å². The summed E-state index contributed by atoms with van der Waals surface area (Å²) in [4.78, 5) is 25.8. The second-order valence-electron chi connectivity index (χ2n) is 6.01. The minimum Gasteiger partial charge on any atom is -0.480 e. The zero-order valence-corrected chi connectivity index (χ0v) is 13.2. The molecule has 21 heavy (non-hydrogen) atoms. The number of carbonyl (C=O) groups excluding carboxylic acids is 1. The maximum atomic E-state index is 12.8. The predicted octanol–water partition coefficient (Wildman–Crippen LogP) is 2.45. The molecule has 1 amide bonds. The fraction of sp³-hybridized carbons (Fsp3) is 0.625. The SMILES string of the molecule is CCn1c(C)cc(C(=O)N2CCC(C)CC2C(=O)O)c1C. The van der Waals surface area contributed by atoms with Gasteiger partial charge in [-0.1, -0.05) is 6.92 Å². The lowest BCUT2D eigenvalue weighted by atomic mass is 9.92. The molecule has 0 saturated carbocycles. The first-order valence-electron chi connectivity index (χ1n) is 7.57. The molecular formula is C16H24N2O3. The van der Waals surface area contributed by atoms with E-state index in [1.165, 1.54) is 4.90 Å². The third-order valence-electron chi connectivity index (χ3n) is 4.53. The molecule has 0 aliphatic carbocycles. The Kier molecular flexibility index (Phi) is 4.40. The van der Waals surface area contributed by atoms with Gasteiger partial charge >= 0.3 is 5.97 Å². The largest absolute Gasteiger partial charge is 0.480 e. The number of aromatic nitrogens is 1. The van der Waals surface area contributed by atoms with Crippen molar-refractivity contribution in [3.8, 4) is 0 Å². The van der Waals surface area contributed by atoms with Crippen LogP contribution in [0.5, 0.6) is 0 Å². The van der Waals surface area contributed by atoms with Crippen molar-refractivity contribution >= 4 is 11.9 Å². The number of hydrogen-bond acceptors (Lipinski definition) is 2. The molecule has 0 radical (unpaired) electrons. The van der Waals surface area contributed by atoms with Crippen molar-refractivity contribution < 1.29 is 14.7 Å². The second kappa shape index (κ2) is 5.92. The van der Waals surface area contributed by atoms with Gasteiger partial charge in [0.05, 0.1) is 5.56 Å². The normalized spacial score (nSPS) is 22.4. The molecule has 116 valence electrons. The van der Waals surface area contributed by atoms with Crippen LogP contribution in [0, 0.1) is 19.8 Å². The van der Waals surface area contributed by atoms with Gasteiger partial charge in [-0.25, -0.2) is 4.79 Å². The molecule has 5 nitrogen and oxygen atoms in total. The number of aryl methyl sites for hydroxylation is 1. The van der Waals surface area contributed by atoms with E-state index in [1.54, 1.807) is 0 Å². The van der Waals surface area contributed by atoms with Crippen LogP contribution in [-0.4, -0.2) is 39.0 Å². The van der Waals surface area contributed by atoms with Crippen molar-refractivity contribution in [2.75, 3.05) is 6.54 Å². The smallest absolute Gasteiger partial charge is 0.326 e. The Morgan fingerprint density at radius 3 is 2.57 bits per heavy atom. The van der Waals surface area contributed by atoms with E-state index in [0.29, 0.717) is 24.4 Å². The van der Waals surface area contributed by atoms with Gasteiger partial charge in [0, 0.05) is 24.5 Å². The number of likely N-dealkylation sites (tertiary alicyclic amines) is 1. The van der Waals surface area contributed by atoms with Gasteiger partial charge in [0.1, 0.15) is 6.04 Å². The van der Waals surface area contributed by atoms with Gasteiger partial charge in [0.2, 0.25) is 0 Å². The molecule has 5 heteroatoms. The minimum absolute atomic E-state index is 0.151. The van der Waals surface area contributed by atoms with Gasteiger partial charge in [-0.3, -0.25) is 4.79 Å². The van der Waals surface area contributed by atoms with Crippen molar-refractivity contribution in [2.24, 2.45) is 5.92 Å². The molecule has 2 heterocycles. The number of amides is 1. The van der Waals surface area contributed by atoms with Crippen LogP contribution in [0.15, 0.2) is 6.07 Å². The molecular weight excluding hydrogens is 268 g/mol. The standard InChI is InChI=1S/C16H24N2O3/c1-5-17-11(3)9-13(12(17)4)15(19)18-7-6-10(2)8-14(18)16(20)21/h9-10,14H,5-8H2,1-4H3,(H,20,21). The summed E-state index contributed by atoms with van der Waals surface area (Å²) >= 11 is 0. The van der Waals surface area contributed by atoms with E-state index in [0.717, 1.165) is 24.4 Å². The van der Waals surface area contributed by atoms with E-state index in [4.69, 9.17) is 0 Å². The summed E-state index contributed by atoms with van der Waals surface area (Å²) in [6.07, 6.45) is 1.40. The van der Waals surface area contributed by atoms with E-state index in [9.17, 15) is 14.7 Å². The number of carboxylic acids is 1. The van der Waals surface area contributed by atoms with Crippen molar-refractivity contribution in [3.05, 3.63) is 23.0 Å². The molecule has 1 aliphatic heterocycles. The zero-order chi connectivity index (χ0) is 15.7. The molecule has 0 spiro atoms. The summed E-state index contributed by atoms with van der Waals surface area (Å²) in [5.74, 6) is -0.709. The van der Waals surface area contributed by atoms with Gasteiger partial charge in [0.25, 0.3) is 5.91 Å². The van der Waals surface area contributed by atoms with E-state index >= 15 is 0 Å². The van der Waals surface area contributed by atoms with Crippen molar-refractivity contribution in [1.29, 1.82) is 0 Å². The lowest BCUT2D eigenvalue weighted by Gasteiger charge is -2.36. The lowest BCUT2D eigenvalue weighted by molar-refractivity contribution is -0.144. The predicted molar refractivity (Wildman–Crippen MR) is 80.4 cm³/mol. The Labute approximate surface area is 125 Å². The molecule has 2 unspecified atom stereocenters. The lowest BCUT2D eigenvalue weighted by Crippen LogP contribution is -2.49. The van der Waals surface area contributed by atoms with Crippen LogP contribution in [0.3, 0.4) is 0 Å². The van der Waals surface area contributed by atoms with E-state index < -0.39 is 12.0 Å².